The average Bonchev–Trinajstić information content (AvgIpc) is 2.15. The van der Waals surface area contributed by atoms with E-state index in [-0.39, 0.29) is 17.7 Å². The van der Waals surface area contributed by atoms with Crippen molar-refractivity contribution in [1.82, 2.24) is 4.98 Å². The third kappa shape index (κ3) is 2.01. The van der Waals surface area contributed by atoms with Crippen LogP contribution in [0.1, 0.15) is 16.2 Å². The van der Waals surface area contributed by atoms with Gasteiger partial charge < -0.3 is 4.74 Å². The van der Waals surface area contributed by atoms with Crippen LogP contribution in [0.2, 0.25) is 0 Å². The lowest BCUT2D eigenvalue weighted by Crippen LogP contribution is -2.09. The predicted molar refractivity (Wildman–Crippen MR) is 41.2 cm³/mol. The van der Waals surface area contributed by atoms with Crippen molar-refractivity contribution in [2.24, 2.45) is 0 Å². The van der Waals surface area contributed by atoms with Crippen molar-refractivity contribution in [3.8, 4) is 5.75 Å². The summed E-state index contributed by atoms with van der Waals surface area (Å²) in [6, 6.07) is 1.81. The van der Waals surface area contributed by atoms with Gasteiger partial charge in [-0.1, -0.05) is 0 Å². The van der Waals surface area contributed by atoms with Crippen LogP contribution in [0.5, 0.6) is 5.75 Å². The number of methoxy groups -OCH3 is 1. The summed E-state index contributed by atoms with van der Waals surface area (Å²) in [7, 11) is 1.25. The van der Waals surface area contributed by atoms with Crippen LogP contribution in [0.3, 0.4) is 0 Å². The molecule has 0 unspecified atom stereocenters. The molecule has 1 aromatic rings. The van der Waals surface area contributed by atoms with E-state index in [9.17, 15) is 18.0 Å². The van der Waals surface area contributed by atoms with Crippen LogP contribution >= 0.6 is 0 Å². The maximum absolute atomic E-state index is 12.1. The number of nitrogens with zero attached hydrogens (tertiary/aromatic N) is 1. The zero-order valence-corrected chi connectivity index (χ0v) is 7.13. The van der Waals surface area contributed by atoms with Crippen LogP contribution in [-0.2, 0) is 6.18 Å². The van der Waals surface area contributed by atoms with Crippen LogP contribution in [0.4, 0.5) is 13.2 Å². The van der Waals surface area contributed by atoms with Crippen molar-refractivity contribution in [2.75, 3.05) is 7.11 Å². The van der Waals surface area contributed by atoms with Crippen LogP contribution in [0, 0.1) is 0 Å². The average molecular weight is 205 g/mol. The third-order valence-electron chi connectivity index (χ3n) is 1.51. The maximum atomic E-state index is 12.1. The lowest BCUT2D eigenvalue weighted by molar-refractivity contribution is -0.141. The highest BCUT2D eigenvalue weighted by molar-refractivity contribution is 5.76. The molecule has 0 radical (unpaired) electrons. The number of ether oxygens (including phenoxy) is 1. The molecule has 0 saturated heterocycles. The van der Waals surface area contributed by atoms with Gasteiger partial charge in [-0.3, -0.25) is 4.79 Å². The van der Waals surface area contributed by atoms with E-state index in [1.807, 2.05) is 0 Å². The van der Waals surface area contributed by atoms with Gasteiger partial charge in [-0.25, -0.2) is 4.98 Å². The van der Waals surface area contributed by atoms with E-state index in [1.165, 1.54) is 7.11 Å². The molecule has 3 nitrogen and oxygen atoms in total. The summed E-state index contributed by atoms with van der Waals surface area (Å²) in [5, 5.41) is 0. The molecule has 0 aliphatic rings. The maximum Gasteiger partial charge on any atom is 0.433 e. The molecule has 0 fully saturated rings. The molecular formula is C8H6F3NO2. The number of carbonyl (C=O) groups is 1. The number of carbonyl (C=O) groups excluding carboxylic acids is 1. The number of aldehydes is 1. The van der Waals surface area contributed by atoms with E-state index in [0.717, 1.165) is 12.1 Å². The number of rotatable bonds is 2. The van der Waals surface area contributed by atoms with Crippen molar-refractivity contribution in [1.29, 1.82) is 0 Å². The second kappa shape index (κ2) is 3.65. The molecular weight excluding hydrogens is 199 g/mol. The number of pyridine rings is 1. The quantitative estimate of drug-likeness (QED) is 0.692. The first-order valence-corrected chi connectivity index (χ1v) is 3.56. The number of hydrogen-bond acceptors (Lipinski definition) is 3. The summed E-state index contributed by atoms with van der Waals surface area (Å²) in [6.07, 6.45) is -4.34. The van der Waals surface area contributed by atoms with Gasteiger partial charge in [0.15, 0.2) is 6.29 Å². The summed E-state index contributed by atoms with van der Waals surface area (Å²) in [6.45, 7) is 0. The fourth-order valence-electron chi connectivity index (χ4n) is 0.877. The molecule has 1 rings (SSSR count). The van der Waals surface area contributed by atoms with Gasteiger partial charge in [-0.2, -0.15) is 13.2 Å². The predicted octanol–water partition coefficient (Wildman–Crippen LogP) is 1.92. The van der Waals surface area contributed by atoms with E-state index in [0.29, 0.717) is 0 Å². The van der Waals surface area contributed by atoms with Crippen LogP contribution in [-0.4, -0.2) is 18.4 Å². The van der Waals surface area contributed by atoms with E-state index >= 15 is 0 Å². The van der Waals surface area contributed by atoms with E-state index < -0.39 is 11.9 Å². The van der Waals surface area contributed by atoms with Crippen LogP contribution < -0.4 is 4.74 Å². The lowest BCUT2D eigenvalue weighted by atomic mass is 10.3. The molecule has 0 N–H and O–H groups in total. The van der Waals surface area contributed by atoms with Gasteiger partial charge in [0.25, 0.3) is 0 Å². The second-order valence-corrected chi connectivity index (χ2v) is 2.40. The Morgan fingerprint density at radius 1 is 1.43 bits per heavy atom. The van der Waals surface area contributed by atoms with E-state index in [2.05, 4.69) is 9.72 Å². The smallest absolute Gasteiger partial charge is 0.433 e. The van der Waals surface area contributed by atoms with Crippen molar-refractivity contribution in [3.05, 3.63) is 23.5 Å². The molecule has 0 amide bonds. The minimum atomic E-state index is -4.55. The van der Waals surface area contributed by atoms with Crippen molar-refractivity contribution >= 4 is 6.29 Å². The fourth-order valence-corrected chi connectivity index (χ4v) is 0.877. The highest BCUT2D eigenvalue weighted by atomic mass is 19.4. The monoisotopic (exact) mass is 205 g/mol. The van der Waals surface area contributed by atoms with Gasteiger partial charge in [0.1, 0.15) is 17.1 Å². The first-order valence-electron chi connectivity index (χ1n) is 3.56. The highest BCUT2D eigenvalue weighted by Crippen LogP contribution is 2.29. The third-order valence-corrected chi connectivity index (χ3v) is 1.51. The Bertz CT molecular complexity index is 349. The molecule has 76 valence electrons. The molecule has 0 spiro atoms. The fraction of sp³-hybridized carbons (Fsp3) is 0.250. The summed E-state index contributed by atoms with van der Waals surface area (Å²) in [5.41, 5.74) is -1.47. The first-order chi connectivity index (χ1) is 6.49. The molecule has 14 heavy (non-hydrogen) atoms. The second-order valence-electron chi connectivity index (χ2n) is 2.40. The zero-order valence-electron chi connectivity index (χ0n) is 7.13. The highest BCUT2D eigenvalue weighted by Gasteiger charge is 2.33. The SMILES string of the molecule is COc1ccc(C(F)(F)F)nc1C=O. The largest absolute Gasteiger partial charge is 0.494 e. The molecule has 0 bridgehead atoms. The lowest BCUT2D eigenvalue weighted by Gasteiger charge is -2.07. The Kier molecular flexibility index (Phi) is 2.73. The zero-order chi connectivity index (χ0) is 10.8. The Hall–Kier alpha value is -1.59. The number of halogens is 3. The van der Waals surface area contributed by atoms with Crippen molar-refractivity contribution < 1.29 is 22.7 Å². The molecule has 0 saturated carbocycles. The Labute approximate surface area is 77.5 Å². The van der Waals surface area contributed by atoms with E-state index in [4.69, 9.17) is 0 Å². The summed E-state index contributed by atoms with van der Waals surface area (Å²) < 4.78 is 41.0. The summed E-state index contributed by atoms with van der Waals surface area (Å²) in [5.74, 6) is 0.0213. The van der Waals surface area contributed by atoms with Gasteiger partial charge in [0.05, 0.1) is 7.11 Å². The normalized spacial score (nSPS) is 11.1. The molecule has 1 heterocycles. The minimum absolute atomic E-state index is 0.0213. The van der Waals surface area contributed by atoms with E-state index in [1.54, 1.807) is 0 Å². The number of aromatic nitrogens is 1. The first kappa shape index (κ1) is 10.5. The molecule has 0 aromatic carbocycles. The topological polar surface area (TPSA) is 39.2 Å². The van der Waals surface area contributed by atoms with Gasteiger partial charge >= 0.3 is 6.18 Å². The van der Waals surface area contributed by atoms with Crippen molar-refractivity contribution in [3.63, 3.8) is 0 Å². The molecule has 1 aromatic heterocycles. The number of hydrogen-bond donors (Lipinski definition) is 0. The summed E-state index contributed by atoms with van der Waals surface area (Å²) in [4.78, 5) is 13.5. The standard InChI is InChI=1S/C8H6F3NO2/c1-14-6-2-3-7(8(9,10)11)12-5(6)4-13/h2-4H,1H3. The Balaban J connectivity index is 3.21. The van der Waals surface area contributed by atoms with Crippen LogP contribution in [0.25, 0.3) is 0 Å². The Morgan fingerprint density at radius 2 is 2.07 bits per heavy atom. The molecule has 0 aliphatic heterocycles. The van der Waals surface area contributed by atoms with Gasteiger partial charge in [0.2, 0.25) is 0 Å². The minimum Gasteiger partial charge on any atom is -0.494 e. The number of alkyl halides is 3. The molecule has 6 heteroatoms. The van der Waals surface area contributed by atoms with Gasteiger partial charge in [0, 0.05) is 0 Å². The molecule has 0 aliphatic carbocycles. The van der Waals surface area contributed by atoms with Crippen molar-refractivity contribution in [2.45, 2.75) is 6.18 Å². The Morgan fingerprint density at radius 3 is 2.50 bits per heavy atom. The van der Waals surface area contributed by atoms with Gasteiger partial charge in [-0.15, -0.1) is 0 Å². The molecule has 0 atom stereocenters. The van der Waals surface area contributed by atoms with Crippen LogP contribution in [0.15, 0.2) is 12.1 Å². The summed E-state index contributed by atoms with van der Waals surface area (Å²) >= 11 is 0. The van der Waals surface area contributed by atoms with Gasteiger partial charge in [-0.05, 0) is 12.1 Å².